The molecule has 2 aromatic heterocycles. The molecule has 0 aromatic carbocycles. The number of hydrogen-bond donors (Lipinski definition) is 1. The second-order valence-electron chi connectivity index (χ2n) is 3.43. The van der Waals surface area contributed by atoms with E-state index in [1.54, 1.807) is 7.11 Å². The first kappa shape index (κ1) is 10.5. The Bertz CT molecular complexity index is 466. The molecule has 2 heterocycles. The SMILES string of the molecule is COc1cccc(NCc2ccc(C)o2)n1. The molecular weight excluding hydrogens is 204 g/mol. The summed E-state index contributed by atoms with van der Waals surface area (Å²) < 4.78 is 10.5. The van der Waals surface area contributed by atoms with Crippen molar-refractivity contribution in [3.05, 3.63) is 41.9 Å². The summed E-state index contributed by atoms with van der Waals surface area (Å²) in [6.07, 6.45) is 0. The van der Waals surface area contributed by atoms with Gasteiger partial charge >= 0.3 is 0 Å². The molecule has 0 saturated carbocycles. The number of furan rings is 1. The van der Waals surface area contributed by atoms with E-state index in [9.17, 15) is 0 Å². The predicted octanol–water partition coefficient (Wildman–Crippen LogP) is 2.60. The molecule has 0 atom stereocenters. The summed E-state index contributed by atoms with van der Waals surface area (Å²) in [4.78, 5) is 4.24. The maximum atomic E-state index is 5.44. The lowest BCUT2D eigenvalue weighted by Crippen LogP contribution is -2.00. The van der Waals surface area contributed by atoms with E-state index in [2.05, 4.69) is 10.3 Å². The number of aromatic nitrogens is 1. The van der Waals surface area contributed by atoms with E-state index < -0.39 is 0 Å². The second-order valence-corrected chi connectivity index (χ2v) is 3.43. The van der Waals surface area contributed by atoms with Gasteiger partial charge in [0.1, 0.15) is 17.3 Å². The first-order valence-electron chi connectivity index (χ1n) is 5.08. The summed E-state index contributed by atoms with van der Waals surface area (Å²) in [6.45, 7) is 2.54. The molecule has 2 rings (SSSR count). The number of ether oxygens (including phenoxy) is 1. The van der Waals surface area contributed by atoms with E-state index in [1.165, 1.54) is 0 Å². The van der Waals surface area contributed by atoms with Gasteiger partial charge in [0.15, 0.2) is 0 Å². The van der Waals surface area contributed by atoms with Crippen LogP contribution in [-0.2, 0) is 6.54 Å². The van der Waals surface area contributed by atoms with Crippen LogP contribution in [0.4, 0.5) is 5.82 Å². The quantitative estimate of drug-likeness (QED) is 0.856. The van der Waals surface area contributed by atoms with Crippen LogP contribution in [0.1, 0.15) is 11.5 Å². The number of rotatable bonds is 4. The van der Waals surface area contributed by atoms with E-state index in [0.717, 1.165) is 17.3 Å². The van der Waals surface area contributed by atoms with Crippen LogP contribution in [0.3, 0.4) is 0 Å². The van der Waals surface area contributed by atoms with Gasteiger partial charge in [-0.25, -0.2) is 0 Å². The van der Waals surface area contributed by atoms with Crippen LogP contribution in [0.2, 0.25) is 0 Å². The van der Waals surface area contributed by atoms with Crippen molar-refractivity contribution >= 4 is 5.82 Å². The summed E-state index contributed by atoms with van der Waals surface area (Å²) >= 11 is 0. The Kier molecular flexibility index (Phi) is 3.10. The van der Waals surface area contributed by atoms with Gasteiger partial charge in [-0.1, -0.05) is 6.07 Å². The van der Waals surface area contributed by atoms with Crippen LogP contribution in [0.15, 0.2) is 34.7 Å². The van der Waals surface area contributed by atoms with Crippen molar-refractivity contribution < 1.29 is 9.15 Å². The molecular formula is C12H14N2O2. The first-order valence-corrected chi connectivity index (χ1v) is 5.08. The lowest BCUT2D eigenvalue weighted by atomic mass is 10.4. The molecule has 1 N–H and O–H groups in total. The van der Waals surface area contributed by atoms with Crippen LogP contribution >= 0.6 is 0 Å². The highest BCUT2D eigenvalue weighted by Gasteiger charge is 2.00. The molecule has 0 spiro atoms. The van der Waals surface area contributed by atoms with Gasteiger partial charge in [-0.2, -0.15) is 4.98 Å². The molecule has 0 aliphatic carbocycles. The lowest BCUT2D eigenvalue weighted by molar-refractivity contribution is 0.398. The van der Waals surface area contributed by atoms with E-state index in [0.29, 0.717) is 12.4 Å². The average molecular weight is 218 g/mol. The summed E-state index contributed by atoms with van der Waals surface area (Å²) in [5, 5.41) is 3.16. The second kappa shape index (κ2) is 4.70. The van der Waals surface area contributed by atoms with Gasteiger partial charge in [0.25, 0.3) is 0 Å². The van der Waals surface area contributed by atoms with Gasteiger partial charge in [-0.05, 0) is 25.1 Å². The number of hydrogen-bond acceptors (Lipinski definition) is 4. The highest BCUT2D eigenvalue weighted by molar-refractivity contribution is 5.37. The summed E-state index contributed by atoms with van der Waals surface area (Å²) in [6, 6.07) is 9.47. The molecule has 0 amide bonds. The Morgan fingerprint density at radius 2 is 2.19 bits per heavy atom. The van der Waals surface area contributed by atoms with Crippen molar-refractivity contribution in [3.8, 4) is 5.88 Å². The largest absolute Gasteiger partial charge is 0.481 e. The molecule has 0 saturated heterocycles. The normalized spacial score (nSPS) is 10.1. The number of aryl methyl sites for hydroxylation is 1. The number of methoxy groups -OCH3 is 1. The van der Waals surface area contributed by atoms with Gasteiger partial charge in [0.2, 0.25) is 5.88 Å². The minimum Gasteiger partial charge on any atom is -0.481 e. The van der Waals surface area contributed by atoms with Crippen molar-refractivity contribution in [1.82, 2.24) is 4.98 Å². The smallest absolute Gasteiger partial charge is 0.214 e. The van der Waals surface area contributed by atoms with E-state index in [-0.39, 0.29) is 0 Å². The summed E-state index contributed by atoms with van der Waals surface area (Å²) in [5.41, 5.74) is 0. The Labute approximate surface area is 94.3 Å². The van der Waals surface area contributed by atoms with Gasteiger partial charge in [-0.3, -0.25) is 0 Å². The zero-order valence-electron chi connectivity index (χ0n) is 9.36. The Morgan fingerprint density at radius 1 is 1.31 bits per heavy atom. The van der Waals surface area contributed by atoms with Crippen LogP contribution < -0.4 is 10.1 Å². The molecule has 0 fully saturated rings. The zero-order chi connectivity index (χ0) is 11.4. The first-order chi connectivity index (χ1) is 7.78. The Balaban J connectivity index is 1.99. The van der Waals surface area contributed by atoms with Gasteiger partial charge < -0.3 is 14.5 Å². The third-order valence-electron chi connectivity index (χ3n) is 2.17. The van der Waals surface area contributed by atoms with Crippen molar-refractivity contribution in [1.29, 1.82) is 0 Å². The van der Waals surface area contributed by atoms with Gasteiger partial charge in [-0.15, -0.1) is 0 Å². The Morgan fingerprint density at radius 3 is 2.88 bits per heavy atom. The predicted molar refractivity (Wildman–Crippen MR) is 61.6 cm³/mol. The molecule has 4 nitrogen and oxygen atoms in total. The number of pyridine rings is 1. The highest BCUT2D eigenvalue weighted by Crippen LogP contribution is 2.13. The van der Waals surface area contributed by atoms with Gasteiger partial charge in [0.05, 0.1) is 13.7 Å². The number of anilines is 1. The van der Waals surface area contributed by atoms with Crippen molar-refractivity contribution in [2.75, 3.05) is 12.4 Å². The molecule has 84 valence electrons. The molecule has 0 aliphatic heterocycles. The lowest BCUT2D eigenvalue weighted by Gasteiger charge is -2.04. The highest BCUT2D eigenvalue weighted by atomic mass is 16.5. The third kappa shape index (κ3) is 2.53. The van der Waals surface area contributed by atoms with E-state index >= 15 is 0 Å². The standard InChI is InChI=1S/C12H14N2O2/c1-9-6-7-10(16-9)8-13-11-4-3-5-12(14-11)15-2/h3-7H,8H2,1-2H3,(H,13,14). The van der Waals surface area contributed by atoms with E-state index in [4.69, 9.17) is 9.15 Å². The molecule has 0 radical (unpaired) electrons. The maximum absolute atomic E-state index is 5.44. The summed E-state index contributed by atoms with van der Waals surface area (Å²) in [7, 11) is 1.60. The fourth-order valence-electron chi connectivity index (χ4n) is 1.38. The fraction of sp³-hybridized carbons (Fsp3) is 0.250. The molecule has 0 aliphatic rings. The molecule has 16 heavy (non-hydrogen) atoms. The van der Waals surface area contributed by atoms with Crippen LogP contribution in [-0.4, -0.2) is 12.1 Å². The molecule has 2 aromatic rings. The molecule has 0 bridgehead atoms. The van der Waals surface area contributed by atoms with Crippen LogP contribution in [0.5, 0.6) is 5.88 Å². The van der Waals surface area contributed by atoms with Crippen molar-refractivity contribution in [3.63, 3.8) is 0 Å². The molecule has 4 heteroatoms. The van der Waals surface area contributed by atoms with Crippen LogP contribution in [0, 0.1) is 6.92 Å². The van der Waals surface area contributed by atoms with Crippen molar-refractivity contribution in [2.24, 2.45) is 0 Å². The monoisotopic (exact) mass is 218 g/mol. The van der Waals surface area contributed by atoms with Gasteiger partial charge in [0, 0.05) is 6.07 Å². The topological polar surface area (TPSA) is 47.3 Å². The fourth-order valence-corrected chi connectivity index (χ4v) is 1.38. The average Bonchev–Trinajstić information content (AvgIpc) is 2.73. The van der Waals surface area contributed by atoms with E-state index in [1.807, 2.05) is 37.3 Å². The zero-order valence-corrected chi connectivity index (χ0v) is 9.36. The number of nitrogens with zero attached hydrogens (tertiary/aromatic N) is 1. The Hall–Kier alpha value is -1.97. The minimum atomic E-state index is 0.598. The summed E-state index contributed by atoms with van der Waals surface area (Å²) in [5.74, 6) is 3.17. The van der Waals surface area contributed by atoms with Crippen LogP contribution in [0.25, 0.3) is 0 Å². The molecule has 0 unspecified atom stereocenters. The number of nitrogens with one attached hydrogen (secondary N) is 1. The minimum absolute atomic E-state index is 0.598. The maximum Gasteiger partial charge on any atom is 0.214 e. The van der Waals surface area contributed by atoms with Crippen molar-refractivity contribution in [2.45, 2.75) is 13.5 Å². The third-order valence-corrected chi connectivity index (χ3v) is 2.17.